The molecule has 0 saturated heterocycles. The van der Waals surface area contributed by atoms with Crippen molar-refractivity contribution in [2.45, 2.75) is 78.6 Å². The highest BCUT2D eigenvalue weighted by atomic mass is 35.5. The van der Waals surface area contributed by atoms with Gasteiger partial charge in [-0.3, -0.25) is 4.79 Å². The van der Waals surface area contributed by atoms with E-state index in [2.05, 4.69) is 80.5 Å². The topological polar surface area (TPSA) is 17.1 Å². The summed E-state index contributed by atoms with van der Waals surface area (Å²) in [5, 5.41) is 2.59. The number of hydrogen-bond donors (Lipinski definition) is 0. The van der Waals surface area contributed by atoms with Crippen LogP contribution in [0, 0.1) is 0 Å². The lowest BCUT2D eigenvalue weighted by Gasteiger charge is -2.30. The normalized spacial score (nSPS) is 15.6. The van der Waals surface area contributed by atoms with Gasteiger partial charge in [-0.15, -0.1) is 0 Å². The van der Waals surface area contributed by atoms with Gasteiger partial charge in [-0.2, -0.15) is 0 Å². The fourth-order valence-electron chi connectivity index (χ4n) is 3.93. The number of Topliss-reactive ketones (excluding diaryl/α,β-unsaturated/α-hetero) is 1. The van der Waals surface area contributed by atoms with Crippen LogP contribution in [0.5, 0.6) is 0 Å². The summed E-state index contributed by atoms with van der Waals surface area (Å²) in [5.74, 6) is -0.163. The molecule has 0 N–H and O–H groups in total. The fourth-order valence-corrected chi connectivity index (χ4v) is 4.40. The molecule has 3 heteroatoms. The van der Waals surface area contributed by atoms with Gasteiger partial charge in [0.05, 0.1) is 5.03 Å². The molecular weight excluding hydrogens is 387 g/mol. The lowest BCUT2D eigenvalue weighted by Crippen LogP contribution is -2.19. The molecule has 0 amide bonds. The summed E-state index contributed by atoms with van der Waals surface area (Å²) in [6, 6.07) is 6.69. The maximum absolute atomic E-state index is 13.1. The number of allylic oxidation sites excluding steroid dienone is 1. The van der Waals surface area contributed by atoms with E-state index in [4.69, 9.17) is 23.2 Å². The zero-order chi connectivity index (χ0) is 21.4. The van der Waals surface area contributed by atoms with E-state index in [1.165, 1.54) is 11.1 Å². The summed E-state index contributed by atoms with van der Waals surface area (Å²) < 4.78 is 0. The third-order valence-corrected chi connectivity index (χ3v) is 6.41. The molecule has 0 fully saturated rings. The van der Waals surface area contributed by atoms with E-state index in [1.54, 1.807) is 0 Å². The minimum atomic E-state index is -0.169. The van der Waals surface area contributed by atoms with E-state index < -0.39 is 0 Å². The first-order valence-electron chi connectivity index (χ1n) is 9.81. The van der Waals surface area contributed by atoms with Gasteiger partial charge in [0.25, 0.3) is 0 Å². The SMILES string of the molecule is CC(C)(C)c1cc(C(C)(C)C)c2cc(C(C)(C)C)c3c(c2c1)C(=O)C(Cl)=C3Cl. The van der Waals surface area contributed by atoms with Gasteiger partial charge >= 0.3 is 0 Å². The van der Waals surface area contributed by atoms with E-state index in [0.29, 0.717) is 10.6 Å². The first-order valence-corrected chi connectivity index (χ1v) is 10.6. The lowest BCUT2D eigenvalue weighted by atomic mass is 9.74. The van der Waals surface area contributed by atoms with Crippen LogP contribution in [0.25, 0.3) is 15.8 Å². The molecule has 0 unspecified atom stereocenters. The van der Waals surface area contributed by atoms with Crippen molar-refractivity contribution in [2.24, 2.45) is 0 Å². The smallest absolute Gasteiger partial charge is 0.207 e. The quantitative estimate of drug-likeness (QED) is 0.423. The van der Waals surface area contributed by atoms with Crippen molar-refractivity contribution in [1.29, 1.82) is 0 Å². The van der Waals surface area contributed by atoms with Crippen LogP contribution in [0.3, 0.4) is 0 Å². The summed E-state index contributed by atoms with van der Waals surface area (Å²) in [4.78, 5) is 13.1. The van der Waals surface area contributed by atoms with Crippen molar-refractivity contribution < 1.29 is 4.79 Å². The van der Waals surface area contributed by atoms with Gasteiger partial charge in [0, 0.05) is 11.1 Å². The van der Waals surface area contributed by atoms with Gasteiger partial charge in [0.1, 0.15) is 5.03 Å². The first kappa shape index (κ1) is 21.4. The monoisotopic (exact) mass is 416 g/mol. The number of fused-ring (bicyclic) bond motifs is 3. The zero-order valence-electron chi connectivity index (χ0n) is 18.4. The number of halogens is 2. The van der Waals surface area contributed by atoms with E-state index in [-0.39, 0.29) is 27.1 Å². The van der Waals surface area contributed by atoms with Crippen molar-refractivity contribution in [3.63, 3.8) is 0 Å². The molecule has 2 aromatic carbocycles. The molecule has 0 radical (unpaired) electrons. The number of rotatable bonds is 0. The Labute approximate surface area is 179 Å². The molecule has 1 aliphatic carbocycles. The molecule has 0 bridgehead atoms. The second-order valence-corrected chi connectivity index (χ2v) is 11.8. The second-order valence-electron chi connectivity index (χ2n) is 11.0. The van der Waals surface area contributed by atoms with E-state index in [1.807, 2.05) is 0 Å². The van der Waals surface area contributed by atoms with E-state index >= 15 is 0 Å². The second kappa shape index (κ2) is 6.34. The molecule has 0 saturated carbocycles. The molecule has 0 aliphatic heterocycles. The maximum Gasteiger partial charge on any atom is 0.207 e. The van der Waals surface area contributed by atoms with Crippen molar-refractivity contribution in [2.75, 3.05) is 0 Å². The average Bonchev–Trinajstić information content (AvgIpc) is 2.75. The van der Waals surface area contributed by atoms with Crippen LogP contribution < -0.4 is 0 Å². The Kier molecular flexibility index (Phi) is 4.85. The Morgan fingerprint density at radius 2 is 1.14 bits per heavy atom. The van der Waals surface area contributed by atoms with Gasteiger partial charge in [-0.25, -0.2) is 0 Å². The highest BCUT2D eigenvalue weighted by molar-refractivity contribution is 6.64. The predicted molar refractivity (Wildman–Crippen MR) is 123 cm³/mol. The van der Waals surface area contributed by atoms with Crippen molar-refractivity contribution in [3.05, 3.63) is 51.0 Å². The third-order valence-electron chi connectivity index (χ3n) is 5.58. The highest BCUT2D eigenvalue weighted by Crippen LogP contribution is 2.48. The lowest BCUT2D eigenvalue weighted by molar-refractivity contribution is 0.104. The Balaban J connectivity index is 2.61. The number of ketones is 1. The van der Waals surface area contributed by atoms with Gasteiger partial charge in [-0.1, -0.05) is 91.6 Å². The molecule has 150 valence electrons. The average molecular weight is 417 g/mol. The molecule has 2 aromatic rings. The molecule has 1 aliphatic rings. The minimum absolute atomic E-state index is 0.0353. The summed E-state index contributed by atoms with van der Waals surface area (Å²) in [6.07, 6.45) is 0. The Hall–Kier alpha value is -1.31. The maximum atomic E-state index is 13.1. The highest BCUT2D eigenvalue weighted by Gasteiger charge is 2.36. The van der Waals surface area contributed by atoms with Crippen LogP contribution in [-0.4, -0.2) is 5.78 Å². The Bertz CT molecular complexity index is 1040. The summed E-state index contributed by atoms with van der Waals surface area (Å²) >= 11 is 12.9. The molecule has 0 heterocycles. The third kappa shape index (κ3) is 3.31. The first-order chi connectivity index (χ1) is 12.5. The predicted octanol–water partition coefficient (Wildman–Crippen LogP) is 8.07. The van der Waals surface area contributed by atoms with Crippen LogP contribution in [0.2, 0.25) is 0 Å². The molecule has 0 aromatic heterocycles. The van der Waals surface area contributed by atoms with Crippen LogP contribution in [0.1, 0.15) is 94.9 Å². The van der Waals surface area contributed by atoms with Crippen LogP contribution in [-0.2, 0) is 16.2 Å². The molecular formula is C25H30Cl2O. The largest absolute Gasteiger partial charge is 0.288 e. The summed E-state index contributed by atoms with van der Waals surface area (Å²) in [5.41, 5.74) is 4.73. The van der Waals surface area contributed by atoms with E-state index in [9.17, 15) is 4.79 Å². The number of hydrogen-bond acceptors (Lipinski definition) is 1. The number of benzene rings is 2. The molecule has 0 spiro atoms. The van der Waals surface area contributed by atoms with Gasteiger partial charge in [-0.05, 0) is 55.8 Å². The van der Waals surface area contributed by atoms with Crippen LogP contribution >= 0.6 is 23.2 Å². The molecule has 1 nitrogen and oxygen atoms in total. The molecule has 0 atom stereocenters. The summed E-state index contributed by atoms with van der Waals surface area (Å²) in [6.45, 7) is 19.7. The zero-order valence-corrected chi connectivity index (χ0v) is 19.9. The molecule has 3 rings (SSSR count). The van der Waals surface area contributed by atoms with E-state index in [0.717, 1.165) is 21.9 Å². The Morgan fingerprint density at radius 1 is 0.607 bits per heavy atom. The van der Waals surface area contributed by atoms with Gasteiger partial charge in [0.15, 0.2) is 0 Å². The number of carbonyl (C=O) groups is 1. The van der Waals surface area contributed by atoms with Crippen molar-refractivity contribution in [3.8, 4) is 0 Å². The van der Waals surface area contributed by atoms with Crippen LogP contribution in [0.4, 0.5) is 0 Å². The minimum Gasteiger partial charge on any atom is -0.288 e. The number of carbonyl (C=O) groups excluding carboxylic acids is 1. The van der Waals surface area contributed by atoms with Gasteiger partial charge < -0.3 is 0 Å². The van der Waals surface area contributed by atoms with Crippen molar-refractivity contribution >= 4 is 44.8 Å². The Morgan fingerprint density at radius 3 is 1.61 bits per heavy atom. The standard InChI is InChI=1S/C25H30Cl2O/c1-23(2,3)13-10-15-14(16(11-13)24(4,5)6)12-17(25(7,8)9)19-18(15)22(28)21(27)20(19)26/h10-12H,1-9H3. The van der Waals surface area contributed by atoms with Gasteiger partial charge in [0.2, 0.25) is 5.78 Å². The summed E-state index contributed by atoms with van der Waals surface area (Å²) in [7, 11) is 0. The molecule has 28 heavy (non-hydrogen) atoms. The van der Waals surface area contributed by atoms with Crippen molar-refractivity contribution in [1.82, 2.24) is 0 Å². The fraction of sp³-hybridized carbons (Fsp3) is 0.480. The van der Waals surface area contributed by atoms with Crippen LogP contribution in [0.15, 0.2) is 23.2 Å².